The Morgan fingerprint density at radius 2 is 1.71 bits per heavy atom. The number of benzene rings is 3. The third kappa shape index (κ3) is 5.09. The fraction of sp³-hybridized carbons (Fsp3) is 0.276. The van der Waals surface area contributed by atoms with Gasteiger partial charge in [0.25, 0.3) is 0 Å². The van der Waals surface area contributed by atoms with E-state index in [1.165, 1.54) is 22.0 Å². The van der Waals surface area contributed by atoms with Crippen molar-refractivity contribution in [3.8, 4) is 11.5 Å². The summed E-state index contributed by atoms with van der Waals surface area (Å²) in [5, 5.41) is 4.30. The maximum absolute atomic E-state index is 13.1. The van der Waals surface area contributed by atoms with Gasteiger partial charge in [-0.05, 0) is 48.2 Å². The smallest absolute Gasteiger partial charge is 0.220 e. The number of aromatic nitrogens is 1. The number of nitrogens with one attached hydrogen (secondary N) is 1. The summed E-state index contributed by atoms with van der Waals surface area (Å²) in [4.78, 5) is 13.1. The number of fused-ring (bicyclic) bond motifs is 1. The Hall–Kier alpha value is -3.73. The number of hydrogen-bond donors (Lipinski definition) is 1. The van der Waals surface area contributed by atoms with Gasteiger partial charge in [0.1, 0.15) is 0 Å². The average Bonchev–Trinajstić information content (AvgIpc) is 3.19. The molecule has 1 amide bonds. The van der Waals surface area contributed by atoms with Gasteiger partial charge in [0.05, 0.1) is 14.2 Å². The Labute approximate surface area is 201 Å². The number of amides is 1. The van der Waals surface area contributed by atoms with E-state index < -0.39 is 0 Å². The van der Waals surface area contributed by atoms with Crippen LogP contribution < -0.4 is 14.8 Å². The van der Waals surface area contributed by atoms with Crippen molar-refractivity contribution >= 4 is 16.8 Å². The van der Waals surface area contributed by atoms with Crippen LogP contribution in [0.1, 0.15) is 34.6 Å². The zero-order valence-corrected chi connectivity index (χ0v) is 20.3. The zero-order valence-electron chi connectivity index (χ0n) is 20.3. The van der Waals surface area contributed by atoms with Gasteiger partial charge < -0.3 is 19.4 Å². The minimum atomic E-state index is -0.0206. The lowest BCUT2D eigenvalue weighted by Gasteiger charge is -2.18. The molecule has 0 radical (unpaired) electrons. The van der Waals surface area contributed by atoms with E-state index in [4.69, 9.17) is 9.47 Å². The molecule has 0 aliphatic carbocycles. The maximum Gasteiger partial charge on any atom is 0.220 e. The van der Waals surface area contributed by atoms with Crippen molar-refractivity contribution in [2.45, 2.75) is 25.7 Å². The van der Waals surface area contributed by atoms with E-state index in [0.717, 1.165) is 17.5 Å². The van der Waals surface area contributed by atoms with Gasteiger partial charge in [-0.3, -0.25) is 4.79 Å². The standard InChI is InChI=1S/C29H32N2O3/c1-20-9-12-22(13-10-20)24(25-19-31(2)26-8-6-5-7-23(25)26)18-29(32)30-16-15-21-11-14-27(33-3)28(17-21)34-4/h5-14,17,19,24H,15-16,18H2,1-4H3,(H,30,32). The van der Waals surface area contributed by atoms with Crippen molar-refractivity contribution in [3.63, 3.8) is 0 Å². The number of carbonyl (C=O) groups is 1. The van der Waals surface area contributed by atoms with Crippen molar-refractivity contribution in [1.82, 2.24) is 9.88 Å². The van der Waals surface area contributed by atoms with Gasteiger partial charge in [0.15, 0.2) is 11.5 Å². The minimum Gasteiger partial charge on any atom is -0.493 e. The molecule has 176 valence electrons. The molecular weight excluding hydrogens is 424 g/mol. The molecular formula is C29H32N2O3. The Balaban J connectivity index is 1.50. The van der Waals surface area contributed by atoms with E-state index >= 15 is 0 Å². The quantitative estimate of drug-likeness (QED) is 0.368. The molecule has 0 saturated heterocycles. The van der Waals surface area contributed by atoms with Crippen LogP contribution in [0.4, 0.5) is 0 Å². The van der Waals surface area contributed by atoms with E-state index in [1.54, 1.807) is 14.2 Å². The third-order valence-electron chi connectivity index (χ3n) is 6.36. The molecule has 4 aromatic rings. The Morgan fingerprint density at radius 1 is 0.971 bits per heavy atom. The van der Waals surface area contributed by atoms with Crippen molar-refractivity contribution in [1.29, 1.82) is 0 Å². The van der Waals surface area contributed by atoms with E-state index in [0.29, 0.717) is 24.5 Å². The van der Waals surface area contributed by atoms with Crippen molar-refractivity contribution in [3.05, 3.63) is 95.2 Å². The molecule has 0 spiro atoms. The second-order valence-electron chi connectivity index (χ2n) is 8.67. The highest BCUT2D eigenvalue weighted by Gasteiger charge is 2.22. The number of para-hydroxylation sites is 1. The molecule has 1 heterocycles. The molecule has 0 aliphatic rings. The van der Waals surface area contributed by atoms with E-state index in [-0.39, 0.29) is 11.8 Å². The van der Waals surface area contributed by atoms with Crippen molar-refractivity contribution in [2.75, 3.05) is 20.8 Å². The van der Waals surface area contributed by atoms with Crippen LogP contribution in [0.5, 0.6) is 11.5 Å². The van der Waals surface area contributed by atoms with Crippen LogP contribution in [0.15, 0.2) is 72.9 Å². The Morgan fingerprint density at radius 3 is 2.44 bits per heavy atom. The molecule has 1 aromatic heterocycles. The van der Waals surface area contributed by atoms with E-state index in [9.17, 15) is 4.79 Å². The van der Waals surface area contributed by atoms with Crippen molar-refractivity contribution < 1.29 is 14.3 Å². The van der Waals surface area contributed by atoms with Gasteiger partial charge >= 0.3 is 0 Å². The van der Waals surface area contributed by atoms with Gasteiger partial charge in [-0.1, -0.05) is 54.1 Å². The maximum atomic E-state index is 13.1. The second kappa shape index (κ2) is 10.5. The summed E-state index contributed by atoms with van der Waals surface area (Å²) < 4.78 is 12.8. The molecule has 0 aliphatic heterocycles. The highest BCUT2D eigenvalue weighted by molar-refractivity contribution is 5.86. The third-order valence-corrected chi connectivity index (χ3v) is 6.36. The van der Waals surface area contributed by atoms with Crippen LogP contribution in [-0.4, -0.2) is 31.2 Å². The summed E-state index contributed by atoms with van der Waals surface area (Å²) in [5.74, 6) is 1.42. The van der Waals surface area contributed by atoms with Crippen LogP contribution in [0.2, 0.25) is 0 Å². The van der Waals surface area contributed by atoms with Crippen molar-refractivity contribution in [2.24, 2.45) is 7.05 Å². The number of hydrogen-bond acceptors (Lipinski definition) is 3. The zero-order chi connectivity index (χ0) is 24.1. The van der Waals surface area contributed by atoms with Gasteiger partial charge in [-0.25, -0.2) is 0 Å². The summed E-state index contributed by atoms with van der Waals surface area (Å²) in [7, 11) is 5.31. The van der Waals surface area contributed by atoms with E-state index in [2.05, 4.69) is 72.5 Å². The first kappa shape index (κ1) is 23.4. The molecule has 5 nitrogen and oxygen atoms in total. The predicted octanol–water partition coefficient (Wildman–Crippen LogP) is 5.38. The molecule has 0 saturated carbocycles. The summed E-state index contributed by atoms with van der Waals surface area (Å²) in [6.07, 6.45) is 3.27. The SMILES string of the molecule is COc1ccc(CCNC(=O)CC(c2ccc(C)cc2)c2cn(C)c3ccccc23)cc1OC. The number of carbonyl (C=O) groups excluding carboxylic acids is 1. The first-order chi connectivity index (χ1) is 16.5. The fourth-order valence-corrected chi connectivity index (χ4v) is 4.50. The predicted molar refractivity (Wildman–Crippen MR) is 137 cm³/mol. The molecule has 0 bridgehead atoms. The average molecular weight is 457 g/mol. The lowest BCUT2D eigenvalue weighted by Crippen LogP contribution is -2.27. The Bertz CT molecular complexity index is 1270. The lowest BCUT2D eigenvalue weighted by atomic mass is 9.87. The van der Waals surface area contributed by atoms with Crippen LogP contribution in [0.25, 0.3) is 10.9 Å². The number of methoxy groups -OCH3 is 2. The molecule has 3 aromatic carbocycles. The Kier molecular flexibility index (Phi) is 7.21. The fourth-order valence-electron chi connectivity index (χ4n) is 4.50. The highest BCUT2D eigenvalue weighted by atomic mass is 16.5. The number of nitrogens with zero attached hydrogens (tertiary/aromatic N) is 1. The van der Waals surface area contributed by atoms with Gasteiger partial charge in [0.2, 0.25) is 5.91 Å². The largest absolute Gasteiger partial charge is 0.493 e. The first-order valence-electron chi connectivity index (χ1n) is 11.6. The number of aryl methyl sites for hydroxylation is 2. The summed E-state index contributed by atoms with van der Waals surface area (Å²) in [5.41, 5.74) is 5.79. The van der Waals surface area contributed by atoms with Gasteiger partial charge in [-0.2, -0.15) is 0 Å². The topological polar surface area (TPSA) is 52.5 Å². The molecule has 4 rings (SSSR count). The van der Waals surface area contributed by atoms with E-state index in [1.807, 2.05) is 24.3 Å². The summed E-state index contributed by atoms with van der Waals surface area (Å²) in [6, 6.07) is 22.7. The molecule has 1 N–H and O–H groups in total. The highest BCUT2D eigenvalue weighted by Crippen LogP contribution is 2.34. The molecule has 5 heteroatoms. The first-order valence-corrected chi connectivity index (χ1v) is 11.6. The van der Waals surface area contributed by atoms with Gasteiger partial charge in [-0.15, -0.1) is 0 Å². The molecule has 1 unspecified atom stereocenters. The molecule has 1 atom stereocenters. The second-order valence-corrected chi connectivity index (χ2v) is 8.67. The summed E-state index contributed by atoms with van der Waals surface area (Å²) in [6.45, 7) is 2.64. The lowest BCUT2D eigenvalue weighted by molar-refractivity contribution is -0.121. The van der Waals surface area contributed by atoms with Crippen LogP contribution in [0, 0.1) is 6.92 Å². The van der Waals surface area contributed by atoms with Crippen LogP contribution in [-0.2, 0) is 18.3 Å². The normalized spacial score (nSPS) is 11.9. The minimum absolute atomic E-state index is 0.0206. The summed E-state index contributed by atoms with van der Waals surface area (Å²) >= 11 is 0. The van der Waals surface area contributed by atoms with Gasteiger partial charge in [0, 0.05) is 43.0 Å². The number of rotatable bonds is 9. The molecule has 0 fully saturated rings. The molecule has 34 heavy (non-hydrogen) atoms. The monoisotopic (exact) mass is 456 g/mol. The van der Waals surface area contributed by atoms with Crippen LogP contribution in [0.3, 0.4) is 0 Å². The number of ether oxygens (including phenoxy) is 2. The van der Waals surface area contributed by atoms with Crippen LogP contribution >= 0.6 is 0 Å².